The molecule has 3 aromatic rings. The van der Waals surface area contributed by atoms with Gasteiger partial charge in [0.05, 0.1) is 28.4 Å². The molecule has 5 nitrogen and oxygen atoms in total. The van der Waals surface area contributed by atoms with Crippen molar-refractivity contribution in [3.8, 4) is 11.4 Å². The van der Waals surface area contributed by atoms with Crippen molar-refractivity contribution in [2.75, 3.05) is 5.73 Å². The van der Waals surface area contributed by atoms with E-state index in [0.717, 1.165) is 12.1 Å². The SMILES string of the molecule is Nc1[nH]ncc1-c1nc2ccc(C(F)(F)F)cc2[nH]1. The number of aromatic nitrogens is 4. The number of fused-ring (bicyclic) bond motifs is 1. The summed E-state index contributed by atoms with van der Waals surface area (Å²) in [6.07, 6.45) is -2.92. The van der Waals surface area contributed by atoms with Crippen LogP contribution in [0, 0.1) is 0 Å². The number of nitrogens with two attached hydrogens (primary N) is 1. The van der Waals surface area contributed by atoms with Gasteiger partial charge in [-0.3, -0.25) is 5.10 Å². The van der Waals surface area contributed by atoms with Crippen LogP contribution < -0.4 is 5.73 Å². The molecule has 0 bridgehead atoms. The van der Waals surface area contributed by atoms with Crippen molar-refractivity contribution in [2.45, 2.75) is 6.18 Å². The Morgan fingerprint density at radius 2 is 2.00 bits per heavy atom. The number of rotatable bonds is 1. The topological polar surface area (TPSA) is 83.4 Å². The number of anilines is 1. The molecular weight excluding hydrogens is 259 g/mol. The third kappa shape index (κ3) is 1.90. The molecule has 2 heterocycles. The Hall–Kier alpha value is -2.51. The number of hydrogen-bond donors (Lipinski definition) is 3. The van der Waals surface area contributed by atoms with Gasteiger partial charge in [-0.1, -0.05) is 0 Å². The summed E-state index contributed by atoms with van der Waals surface area (Å²) >= 11 is 0. The average molecular weight is 267 g/mol. The highest BCUT2D eigenvalue weighted by Gasteiger charge is 2.30. The van der Waals surface area contributed by atoms with Gasteiger partial charge in [-0.15, -0.1) is 0 Å². The standard InChI is InChI=1S/C11H8F3N5/c12-11(13,14)5-1-2-7-8(3-5)18-10(17-7)6-4-16-19-9(6)15/h1-4H,(H,17,18)(H3,15,16,19). The normalized spacial score (nSPS) is 12.2. The van der Waals surface area contributed by atoms with Crippen molar-refractivity contribution in [1.29, 1.82) is 0 Å². The molecule has 0 saturated carbocycles. The van der Waals surface area contributed by atoms with E-state index in [-0.39, 0.29) is 0 Å². The van der Waals surface area contributed by atoms with Crippen LogP contribution in [0.25, 0.3) is 22.4 Å². The predicted octanol–water partition coefficient (Wildman–Crippen LogP) is 2.55. The molecule has 0 radical (unpaired) electrons. The number of H-pyrrole nitrogens is 2. The summed E-state index contributed by atoms with van der Waals surface area (Å²) in [7, 11) is 0. The van der Waals surface area contributed by atoms with Gasteiger partial charge in [0, 0.05) is 0 Å². The molecule has 4 N–H and O–H groups in total. The Labute approximate surface area is 104 Å². The van der Waals surface area contributed by atoms with Gasteiger partial charge in [-0.25, -0.2) is 4.98 Å². The summed E-state index contributed by atoms with van der Waals surface area (Å²) < 4.78 is 37.8. The lowest BCUT2D eigenvalue weighted by Gasteiger charge is -2.05. The molecule has 0 atom stereocenters. The Morgan fingerprint density at radius 1 is 1.21 bits per heavy atom. The number of nitrogens with one attached hydrogen (secondary N) is 2. The van der Waals surface area contributed by atoms with E-state index in [1.807, 2.05) is 0 Å². The minimum Gasteiger partial charge on any atom is -0.383 e. The fourth-order valence-corrected chi connectivity index (χ4v) is 1.80. The summed E-state index contributed by atoms with van der Waals surface area (Å²) in [4.78, 5) is 6.98. The molecule has 0 aliphatic heterocycles. The third-order valence-corrected chi connectivity index (χ3v) is 2.73. The van der Waals surface area contributed by atoms with E-state index in [4.69, 9.17) is 5.73 Å². The molecule has 2 aromatic heterocycles. The molecule has 0 unspecified atom stereocenters. The van der Waals surface area contributed by atoms with E-state index in [1.165, 1.54) is 12.3 Å². The number of nitrogen functional groups attached to an aromatic ring is 1. The number of nitrogens with zero attached hydrogens (tertiary/aromatic N) is 2. The van der Waals surface area contributed by atoms with Gasteiger partial charge in [0.15, 0.2) is 0 Å². The zero-order valence-electron chi connectivity index (χ0n) is 9.42. The van der Waals surface area contributed by atoms with E-state index < -0.39 is 11.7 Å². The van der Waals surface area contributed by atoms with Crippen LogP contribution >= 0.6 is 0 Å². The zero-order valence-corrected chi connectivity index (χ0v) is 9.42. The van der Waals surface area contributed by atoms with Gasteiger partial charge in [0.25, 0.3) is 0 Å². The number of benzene rings is 1. The smallest absolute Gasteiger partial charge is 0.383 e. The minimum atomic E-state index is -4.38. The Balaban J connectivity index is 2.14. The molecule has 0 aliphatic carbocycles. The van der Waals surface area contributed by atoms with Gasteiger partial charge in [-0.2, -0.15) is 18.3 Å². The van der Waals surface area contributed by atoms with Crippen molar-refractivity contribution in [2.24, 2.45) is 0 Å². The molecule has 98 valence electrons. The first-order chi connectivity index (χ1) is 8.95. The fraction of sp³-hybridized carbons (Fsp3) is 0.0909. The van der Waals surface area contributed by atoms with Crippen LogP contribution in [0.1, 0.15) is 5.56 Å². The predicted molar refractivity (Wildman–Crippen MR) is 63.1 cm³/mol. The van der Waals surface area contributed by atoms with Crippen molar-refractivity contribution in [1.82, 2.24) is 20.2 Å². The Kier molecular flexibility index (Phi) is 2.28. The Morgan fingerprint density at radius 3 is 2.63 bits per heavy atom. The van der Waals surface area contributed by atoms with Gasteiger partial charge in [-0.05, 0) is 18.2 Å². The molecule has 0 fully saturated rings. The number of imidazole rings is 1. The lowest BCUT2D eigenvalue weighted by molar-refractivity contribution is -0.137. The highest BCUT2D eigenvalue weighted by atomic mass is 19.4. The minimum absolute atomic E-state index is 0.297. The van der Waals surface area contributed by atoms with Crippen LogP contribution in [0.3, 0.4) is 0 Å². The molecule has 0 saturated heterocycles. The fourth-order valence-electron chi connectivity index (χ4n) is 1.80. The third-order valence-electron chi connectivity index (χ3n) is 2.73. The van der Waals surface area contributed by atoms with Crippen molar-refractivity contribution >= 4 is 16.9 Å². The van der Waals surface area contributed by atoms with Crippen LogP contribution in [0.4, 0.5) is 19.0 Å². The number of alkyl halides is 3. The van der Waals surface area contributed by atoms with E-state index in [1.54, 1.807) is 0 Å². The quantitative estimate of drug-likeness (QED) is 0.633. The second-order valence-electron chi connectivity index (χ2n) is 4.01. The molecule has 19 heavy (non-hydrogen) atoms. The van der Waals surface area contributed by atoms with Gasteiger partial charge in [0.2, 0.25) is 0 Å². The lowest BCUT2D eigenvalue weighted by Crippen LogP contribution is -2.04. The Bertz CT molecular complexity index is 740. The second kappa shape index (κ2) is 3.74. The zero-order chi connectivity index (χ0) is 13.6. The lowest BCUT2D eigenvalue weighted by atomic mass is 10.2. The largest absolute Gasteiger partial charge is 0.416 e. The first-order valence-corrected chi connectivity index (χ1v) is 5.31. The van der Waals surface area contributed by atoms with Crippen LogP contribution in [-0.4, -0.2) is 20.2 Å². The summed E-state index contributed by atoms with van der Waals surface area (Å²) in [5, 5.41) is 6.27. The van der Waals surface area contributed by atoms with E-state index in [2.05, 4.69) is 20.2 Å². The molecule has 0 aliphatic rings. The van der Waals surface area contributed by atoms with Gasteiger partial charge < -0.3 is 10.7 Å². The van der Waals surface area contributed by atoms with Crippen LogP contribution in [0.2, 0.25) is 0 Å². The van der Waals surface area contributed by atoms with Crippen LogP contribution in [0.5, 0.6) is 0 Å². The number of hydrogen-bond acceptors (Lipinski definition) is 3. The summed E-state index contributed by atoms with van der Waals surface area (Å²) in [6, 6.07) is 3.32. The molecule has 8 heteroatoms. The number of halogens is 3. The van der Waals surface area contributed by atoms with E-state index in [9.17, 15) is 13.2 Å². The van der Waals surface area contributed by atoms with Gasteiger partial charge in [0.1, 0.15) is 11.6 Å². The van der Waals surface area contributed by atoms with Crippen molar-refractivity contribution in [3.05, 3.63) is 30.0 Å². The molecule has 0 amide bonds. The number of aromatic amines is 2. The maximum atomic E-state index is 12.6. The molecule has 0 spiro atoms. The average Bonchev–Trinajstić information content (AvgIpc) is 2.91. The van der Waals surface area contributed by atoms with Crippen LogP contribution in [-0.2, 0) is 6.18 Å². The molecular formula is C11H8F3N5. The van der Waals surface area contributed by atoms with Crippen LogP contribution in [0.15, 0.2) is 24.4 Å². The van der Waals surface area contributed by atoms with E-state index >= 15 is 0 Å². The summed E-state index contributed by atoms with van der Waals surface area (Å²) in [5.41, 5.74) is 6.16. The van der Waals surface area contributed by atoms with Crippen molar-refractivity contribution in [3.63, 3.8) is 0 Å². The maximum Gasteiger partial charge on any atom is 0.416 e. The second-order valence-corrected chi connectivity index (χ2v) is 4.01. The highest BCUT2D eigenvalue weighted by molar-refractivity contribution is 5.82. The van der Waals surface area contributed by atoms with E-state index in [0.29, 0.717) is 28.2 Å². The highest BCUT2D eigenvalue weighted by Crippen LogP contribution is 2.32. The van der Waals surface area contributed by atoms with Crippen molar-refractivity contribution < 1.29 is 13.2 Å². The first-order valence-electron chi connectivity index (χ1n) is 5.31. The summed E-state index contributed by atoms with van der Waals surface area (Å²) in [6.45, 7) is 0. The molecule has 1 aromatic carbocycles. The molecule has 3 rings (SSSR count). The van der Waals surface area contributed by atoms with Gasteiger partial charge >= 0.3 is 6.18 Å². The maximum absolute atomic E-state index is 12.6. The monoisotopic (exact) mass is 267 g/mol. The summed E-state index contributed by atoms with van der Waals surface area (Å²) in [5.74, 6) is 0.677. The first kappa shape index (κ1) is 11.6.